The second-order valence-electron chi connectivity index (χ2n) is 3.92. The van der Waals surface area contributed by atoms with E-state index in [-0.39, 0.29) is 0 Å². The summed E-state index contributed by atoms with van der Waals surface area (Å²) in [6, 6.07) is 1.99. The van der Waals surface area contributed by atoms with Gasteiger partial charge in [-0.15, -0.1) is 0 Å². The lowest BCUT2D eigenvalue weighted by Crippen LogP contribution is -2.03. The van der Waals surface area contributed by atoms with E-state index in [0.717, 1.165) is 17.3 Å². The molecule has 0 aliphatic rings. The highest BCUT2D eigenvalue weighted by atomic mass is 79.9. The summed E-state index contributed by atoms with van der Waals surface area (Å²) in [7, 11) is 0. The van der Waals surface area contributed by atoms with E-state index in [4.69, 9.17) is 0 Å². The first-order chi connectivity index (χ1) is 7.58. The van der Waals surface area contributed by atoms with E-state index in [9.17, 15) is 0 Å². The van der Waals surface area contributed by atoms with Crippen LogP contribution >= 0.6 is 15.9 Å². The zero-order chi connectivity index (χ0) is 11.7. The average Bonchev–Trinajstić information content (AvgIpc) is 2.63. The summed E-state index contributed by atoms with van der Waals surface area (Å²) in [5, 5.41) is 0. The number of nitrogens with zero attached hydrogens (tertiary/aromatic N) is 4. The van der Waals surface area contributed by atoms with Gasteiger partial charge in [-0.3, -0.25) is 4.57 Å². The van der Waals surface area contributed by atoms with Gasteiger partial charge >= 0.3 is 0 Å². The standard InChI is InChI=1S/C11H13BrN4/c1-7(2)9-6-10(15-11(12)14-9)16-5-4-13-8(16)3/h4-7H,1-3H3. The van der Waals surface area contributed by atoms with Crippen LogP contribution in [0.3, 0.4) is 0 Å². The van der Waals surface area contributed by atoms with E-state index >= 15 is 0 Å². The topological polar surface area (TPSA) is 43.6 Å². The number of aromatic nitrogens is 4. The largest absolute Gasteiger partial charge is 0.288 e. The summed E-state index contributed by atoms with van der Waals surface area (Å²) in [6.07, 6.45) is 3.66. The summed E-state index contributed by atoms with van der Waals surface area (Å²) in [5.41, 5.74) is 1.02. The van der Waals surface area contributed by atoms with Crippen LogP contribution in [0.5, 0.6) is 0 Å². The Bertz CT molecular complexity index is 504. The summed E-state index contributed by atoms with van der Waals surface area (Å²) in [4.78, 5) is 12.9. The van der Waals surface area contributed by atoms with Crippen LogP contribution in [-0.4, -0.2) is 19.5 Å². The van der Waals surface area contributed by atoms with Crippen molar-refractivity contribution in [3.8, 4) is 5.82 Å². The molecule has 0 radical (unpaired) electrons. The van der Waals surface area contributed by atoms with Gasteiger partial charge in [-0.2, -0.15) is 0 Å². The van der Waals surface area contributed by atoms with Crippen molar-refractivity contribution in [3.63, 3.8) is 0 Å². The highest BCUT2D eigenvalue weighted by Gasteiger charge is 2.08. The molecular formula is C11H13BrN4. The van der Waals surface area contributed by atoms with E-state index in [0.29, 0.717) is 10.7 Å². The van der Waals surface area contributed by atoms with Gasteiger partial charge in [-0.1, -0.05) is 13.8 Å². The molecule has 0 saturated heterocycles. The third-order valence-electron chi connectivity index (χ3n) is 2.37. The van der Waals surface area contributed by atoms with E-state index in [1.165, 1.54) is 0 Å². The van der Waals surface area contributed by atoms with Crippen molar-refractivity contribution in [3.05, 3.63) is 34.7 Å². The molecule has 0 atom stereocenters. The van der Waals surface area contributed by atoms with Crippen molar-refractivity contribution in [1.29, 1.82) is 0 Å². The maximum Gasteiger partial charge on any atom is 0.198 e. The molecule has 0 N–H and O–H groups in total. The first-order valence-electron chi connectivity index (χ1n) is 5.12. The van der Waals surface area contributed by atoms with Crippen molar-refractivity contribution in [2.24, 2.45) is 0 Å². The Hall–Kier alpha value is -1.23. The van der Waals surface area contributed by atoms with Crippen LogP contribution in [0.4, 0.5) is 0 Å². The molecule has 2 aromatic heterocycles. The van der Waals surface area contributed by atoms with Crippen molar-refractivity contribution in [1.82, 2.24) is 19.5 Å². The summed E-state index contributed by atoms with van der Waals surface area (Å²) >= 11 is 3.34. The fourth-order valence-corrected chi connectivity index (χ4v) is 1.85. The van der Waals surface area contributed by atoms with Gasteiger partial charge in [0, 0.05) is 24.2 Å². The van der Waals surface area contributed by atoms with Gasteiger partial charge in [-0.05, 0) is 28.8 Å². The highest BCUT2D eigenvalue weighted by molar-refractivity contribution is 9.10. The second kappa shape index (κ2) is 4.33. The Morgan fingerprint density at radius 2 is 2.06 bits per heavy atom. The first kappa shape index (κ1) is 11.3. The fraction of sp³-hybridized carbons (Fsp3) is 0.364. The number of halogens is 1. The number of imidazole rings is 1. The first-order valence-corrected chi connectivity index (χ1v) is 5.92. The zero-order valence-corrected chi connectivity index (χ0v) is 11.1. The van der Waals surface area contributed by atoms with Gasteiger partial charge in [0.25, 0.3) is 0 Å². The van der Waals surface area contributed by atoms with Crippen molar-refractivity contribution in [2.45, 2.75) is 26.7 Å². The molecular weight excluding hydrogens is 268 g/mol. The minimum absolute atomic E-state index is 0.377. The Morgan fingerprint density at radius 1 is 1.31 bits per heavy atom. The maximum atomic E-state index is 4.35. The Kier molecular flexibility index (Phi) is 3.05. The van der Waals surface area contributed by atoms with Crippen LogP contribution in [0, 0.1) is 6.92 Å². The van der Waals surface area contributed by atoms with Crippen molar-refractivity contribution >= 4 is 15.9 Å². The molecule has 0 amide bonds. The van der Waals surface area contributed by atoms with Crippen LogP contribution in [-0.2, 0) is 0 Å². The number of aryl methyl sites for hydroxylation is 1. The zero-order valence-electron chi connectivity index (χ0n) is 9.48. The molecule has 2 heterocycles. The molecule has 0 aliphatic heterocycles. The monoisotopic (exact) mass is 280 g/mol. The van der Waals surface area contributed by atoms with Crippen LogP contribution < -0.4 is 0 Å². The molecule has 84 valence electrons. The number of hydrogen-bond donors (Lipinski definition) is 0. The summed E-state index contributed by atoms with van der Waals surface area (Å²) in [6.45, 7) is 6.17. The van der Waals surface area contributed by atoms with Gasteiger partial charge in [0.05, 0.1) is 0 Å². The van der Waals surface area contributed by atoms with Gasteiger partial charge in [0.15, 0.2) is 4.73 Å². The number of rotatable bonds is 2. The molecule has 0 spiro atoms. The molecule has 16 heavy (non-hydrogen) atoms. The molecule has 0 aliphatic carbocycles. The number of hydrogen-bond acceptors (Lipinski definition) is 3. The molecule has 0 fully saturated rings. The molecule has 0 bridgehead atoms. The minimum atomic E-state index is 0.377. The summed E-state index contributed by atoms with van der Waals surface area (Å²) < 4.78 is 2.56. The second-order valence-corrected chi connectivity index (χ2v) is 4.63. The molecule has 0 saturated carbocycles. The van der Waals surface area contributed by atoms with Gasteiger partial charge in [0.2, 0.25) is 0 Å². The van der Waals surface area contributed by atoms with Gasteiger partial charge in [0.1, 0.15) is 11.6 Å². The predicted octanol–water partition coefficient (Wildman–Crippen LogP) is 2.86. The predicted molar refractivity (Wildman–Crippen MR) is 65.7 cm³/mol. The normalized spacial score (nSPS) is 11.1. The molecule has 2 rings (SSSR count). The van der Waals surface area contributed by atoms with E-state index in [2.05, 4.69) is 44.7 Å². The van der Waals surface area contributed by atoms with Gasteiger partial charge in [-0.25, -0.2) is 15.0 Å². The molecule has 5 heteroatoms. The Labute approximate surface area is 103 Å². The van der Waals surface area contributed by atoms with Crippen LogP contribution in [0.1, 0.15) is 31.3 Å². The minimum Gasteiger partial charge on any atom is -0.288 e. The van der Waals surface area contributed by atoms with E-state index < -0.39 is 0 Å². The van der Waals surface area contributed by atoms with Gasteiger partial charge < -0.3 is 0 Å². The molecule has 0 unspecified atom stereocenters. The van der Waals surface area contributed by atoms with Crippen molar-refractivity contribution < 1.29 is 0 Å². The average molecular weight is 281 g/mol. The third-order valence-corrected chi connectivity index (χ3v) is 2.72. The van der Waals surface area contributed by atoms with E-state index in [1.807, 2.05) is 23.8 Å². The lowest BCUT2D eigenvalue weighted by molar-refractivity contribution is 0.792. The SMILES string of the molecule is Cc1nccn1-c1cc(C(C)C)nc(Br)n1. The molecule has 0 aromatic carbocycles. The quantitative estimate of drug-likeness (QED) is 0.795. The fourth-order valence-electron chi connectivity index (χ4n) is 1.46. The van der Waals surface area contributed by atoms with Crippen LogP contribution in [0.15, 0.2) is 23.2 Å². The maximum absolute atomic E-state index is 4.35. The van der Waals surface area contributed by atoms with Crippen LogP contribution in [0.25, 0.3) is 5.82 Å². The highest BCUT2D eigenvalue weighted by Crippen LogP contribution is 2.18. The van der Waals surface area contributed by atoms with Crippen LogP contribution in [0.2, 0.25) is 0 Å². The molecule has 2 aromatic rings. The molecule has 4 nitrogen and oxygen atoms in total. The Morgan fingerprint density at radius 3 is 2.62 bits per heavy atom. The Balaban J connectivity index is 2.54. The smallest absolute Gasteiger partial charge is 0.198 e. The lowest BCUT2D eigenvalue weighted by atomic mass is 10.1. The van der Waals surface area contributed by atoms with Crippen molar-refractivity contribution in [2.75, 3.05) is 0 Å². The lowest BCUT2D eigenvalue weighted by Gasteiger charge is -2.09. The summed E-state index contributed by atoms with van der Waals surface area (Å²) in [5.74, 6) is 2.14. The third kappa shape index (κ3) is 2.14. The van der Waals surface area contributed by atoms with E-state index in [1.54, 1.807) is 6.20 Å².